The molecule has 3 heterocycles. The third-order valence-corrected chi connectivity index (χ3v) is 5.20. The van der Waals surface area contributed by atoms with Gasteiger partial charge in [0.1, 0.15) is 0 Å². The number of aromatic nitrogens is 3. The molecule has 0 atom stereocenters. The van der Waals surface area contributed by atoms with Gasteiger partial charge in [-0.3, -0.25) is 9.78 Å². The number of rotatable bonds is 4. The summed E-state index contributed by atoms with van der Waals surface area (Å²) in [6.07, 6.45) is 9.42. The van der Waals surface area contributed by atoms with Gasteiger partial charge in [-0.15, -0.1) is 35.4 Å². The number of fused-ring (bicyclic) bond motifs is 1. The van der Waals surface area contributed by atoms with E-state index < -0.39 is 0 Å². The predicted octanol–water partition coefficient (Wildman–Crippen LogP) is 6.63. The van der Waals surface area contributed by atoms with Gasteiger partial charge >= 0.3 is 0 Å². The summed E-state index contributed by atoms with van der Waals surface area (Å²) in [4.78, 5) is 14.9. The number of allylic oxidation sites excluding steroid dienone is 2. The van der Waals surface area contributed by atoms with E-state index in [9.17, 15) is 4.79 Å². The Labute approximate surface area is 218 Å². The number of hydrogen-bond donors (Lipinski definition) is 1. The fourth-order valence-electron chi connectivity index (χ4n) is 3.72. The van der Waals surface area contributed by atoms with E-state index in [0.717, 1.165) is 33.5 Å². The largest absolute Gasteiger partial charge is 0.512 e. The molecule has 0 aliphatic rings. The molecule has 0 fully saturated rings. The molecule has 2 aromatic carbocycles. The quantitative estimate of drug-likeness (QED) is 0.136. The van der Waals surface area contributed by atoms with Crippen LogP contribution in [0.15, 0.2) is 103 Å². The van der Waals surface area contributed by atoms with Crippen LogP contribution >= 0.6 is 0 Å². The first-order chi connectivity index (χ1) is 16.4. The van der Waals surface area contributed by atoms with Crippen LogP contribution in [0.2, 0.25) is 0 Å². The molecule has 5 aromatic rings. The number of ketones is 1. The van der Waals surface area contributed by atoms with Crippen molar-refractivity contribution >= 4 is 16.7 Å². The summed E-state index contributed by atoms with van der Waals surface area (Å²) < 4.78 is 4.26. The normalized spacial score (nSPS) is 10.9. The molecule has 0 saturated carbocycles. The first kappa shape index (κ1) is 25.9. The van der Waals surface area contributed by atoms with Crippen LogP contribution in [0.25, 0.3) is 33.5 Å². The Kier molecular flexibility index (Phi) is 8.58. The van der Waals surface area contributed by atoms with E-state index in [4.69, 9.17) is 10.1 Å². The van der Waals surface area contributed by atoms with E-state index in [1.54, 1.807) is 0 Å². The zero-order valence-electron chi connectivity index (χ0n) is 19.8. The molecule has 0 spiro atoms. The minimum Gasteiger partial charge on any atom is -0.512 e. The van der Waals surface area contributed by atoms with Gasteiger partial charge in [0, 0.05) is 56.4 Å². The van der Waals surface area contributed by atoms with Crippen LogP contribution in [0.1, 0.15) is 19.4 Å². The maximum absolute atomic E-state index is 10.0. The summed E-state index contributed by atoms with van der Waals surface area (Å²) in [7, 11) is 0. The number of carbonyl (C=O) groups excluding carboxylic acids is 1. The number of aliphatic hydroxyl groups is 1. The Morgan fingerprint density at radius 3 is 2.03 bits per heavy atom. The van der Waals surface area contributed by atoms with Crippen LogP contribution in [-0.4, -0.2) is 25.0 Å². The van der Waals surface area contributed by atoms with Crippen molar-refractivity contribution in [3.63, 3.8) is 0 Å². The van der Waals surface area contributed by atoms with Crippen molar-refractivity contribution in [3.8, 4) is 22.6 Å². The van der Waals surface area contributed by atoms with Gasteiger partial charge in [0.05, 0.1) is 22.7 Å². The standard InChI is InChI=1S/C24H18N3.C5H8O2.Ir/c1-18-7-6-8-19(15-18)21-10-9-20-16-23(26-11-2-3-12-26)24(17-22(20)25-21)27-13-4-5-14-27;1-4(6)3-5(2)7;/h2-7,9-17H,1H3;3,6H,1-2H3;/q-1;;/b;4-3-;. The molecule has 3 aromatic heterocycles. The van der Waals surface area contributed by atoms with Crippen LogP contribution in [0.4, 0.5) is 0 Å². The Morgan fingerprint density at radius 2 is 1.51 bits per heavy atom. The minimum absolute atomic E-state index is 0. The van der Waals surface area contributed by atoms with Crippen molar-refractivity contribution in [1.29, 1.82) is 0 Å². The predicted molar refractivity (Wildman–Crippen MR) is 136 cm³/mol. The van der Waals surface area contributed by atoms with Gasteiger partial charge in [-0.25, -0.2) is 0 Å². The number of aliphatic hydroxyl groups excluding tert-OH is 1. The SMILES string of the molecule is CC(=O)/C=C(/C)O.Cc1cc[c-]c(-c2ccc3cc(-n4cccc4)c(-n4cccc4)cc3n2)c1.[Ir]. The molecular weight excluding hydrogens is 615 g/mol. The molecular formula is C29H26IrN3O2-. The summed E-state index contributed by atoms with van der Waals surface area (Å²) in [5.41, 5.74) is 6.37. The van der Waals surface area contributed by atoms with Gasteiger partial charge in [0.25, 0.3) is 0 Å². The van der Waals surface area contributed by atoms with Crippen molar-refractivity contribution in [2.45, 2.75) is 20.8 Å². The molecule has 0 amide bonds. The maximum Gasteiger partial charge on any atom is 0.155 e. The summed E-state index contributed by atoms with van der Waals surface area (Å²) in [5, 5.41) is 9.48. The minimum atomic E-state index is -0.125. The average molecular weight is 641 g/mol. The smallest absolute Gasteiger partial charge is 0.155 e. The second kappa shape index (κ2) is 11.6. The van der Waals surface area contributed by atoms with Crippen LogP contribution in [0, 0.1) is 13.0 Å². The fraction of sp³-hybridized carbons (Fsp3) is 0.103. The van der Waals surface area contributed by atoms with Crippen LogP contribution in [0.5, 0.6) is 0 Å². The van der Waals surface area contributed by atoms with E-state index in [1.165, 1.54) is 25.5 Å². The van der Waals surface area contributed by atoms with Crippen LogP contribution in [-0.2, 0) is 24.9 Å². The molecule has 0 aliphatic heterocycles. The number of hydrogen-bond acceptors (Lipinski definition) is 3. The fourth-order valence-corrected chi connectivity index (χ4v) is 3.72. The molecule has 0 unspecified atom stereocenters. The van der Waals surface area contributed by atoms with Gasteiger partial charge in [-0.2, -0.15) is 0 Å². The van der Waals surface area contributed by atoms with E-state index >= 15 is 0 Å². The Balaban J connectivity index is 0.000000378. The zero-order valence-corrected chi connectivity index (χ0v) is 22.2. The second-order valence-electron chi connectivity index (χ2n) is 8.09. The molecule has 35 heavy (non-hydrogen) atoms. The number of benzene rings is 2. The van der Waals surface area contributed by atoms with Gasteiger partial charge in [0.2, 0.25) is 0 Å². The summed E-state index contributed by atoms with van der Waals surface area (Å²) in [6.45, 7) is 4.94. The summed E-state index contributed by atoms with van der Waals surface area (Å²) >= 11 is 0. The third-order valence-electron chi connectivity index (χ3n) is 5.20. The van der Waals surface area contributed by atoms with Gasteiger partial charge in [0.15, 0.2) is 5.78 Å². The Morgan fingerprint density at radius 1 is 0.914 bits per heavy atom. The molecule has 5 nitrogen and oxygen atoms in total. The molecule has 6 heteroatoms. The van der Waals surface area contributed by atoms with Crippen molar-refractivity contribution < 1.29 is 30.0 Å². The van der Waals surface area contributed by atoms with E-state index in [0.29, 0.717) is 0 Å². The third kappa shape index (κ3) is 6.44. The van der Waals surface area contributed by atoms with E-state index in [1.807, 2.05) is 30.3 Å². The molecule has 5 rings (SSSR count). The van der Waals surface area contributed by atoms with Crippen molar-refractivity contribution in [2.24, 2.45) is 0 Å². The Hall–Kier alpha value is -3.73. The first-order valence-corrected chi connectivity index (χ1v) is 11.0. The molecule has 1 N–H and O–H groups in total. The number of pyridine rings is 1. The first-order valence-electron chi connectivity index (χ1n) is 11.0. The number of aryl methyl sites for hydroxylation is 1. The Bertz CT molecular complexity index is 1450. The van der Waals surface area contributed by atoms with E-state index in [2.05, 4.69) is 83.3 Å². The number of nitrogens with zero attached hydrogens (tertiary/aromatic N) is 3. The summed E-state index contributed by atoms with van der Waals surface area (Å²) in [5.74, 6) is -0.0625. The van der Waals surface area contributed by atoms with Gasteiger partial charge in [-0.05, 0) is 55.9 Å². The van der Waals surface area contributed by atoms with Crippen molar-refractivity contribution in [2.75, 3.05) is 0 Å². The van der Waals surface area contributed by atoms with Crippen molar-refractivity contribution in [3.05, 3.63) is 115 Å². The van der Waals surface area contributed by atoms with Gasteiger partial charge < -0.3 is 14.2 Å². The second-order valence-corrected chi connectivity index (χ2v) is 8.09. The van der Waals surface area contributed by atoms with Crippen molar-refractivity contribution in [1.82, 2.24) is 14.1 Å². The van der Waals surface area contributed by atoms with Gasteiger partial charge in [-0.1, -0.05) is 19.1 Å². The van der Waals surface area contributed by atoms with Crippen LogP contribution in [0.3, 0.4) is 0 Å². The molecule has 0 aliphatic carbocycles. The maximum atomic E-state index is 10.0. The molecule has 179 valence electrons. The van der Waals surface area contributed by atoms with E-state index in [-0.39, 0.29) is 31.6 Å². The average Bonchev–Trinajstić information content (AvgIpc) is 3.52. The number of carbonyl (C=O) groups is 1. The summed E-state index contributed by atoms with van der Waals surface area (Å²) in [6, 6.07) is 26.1. The molecule has 0 bridgehead atoms. The zero-order chi connectivity index (χ0) is 24.1. The topological polar surface area (TPSA) is 60.0 Å². The molecule has 0 saturated heterocycles. The monoisotopic (exact) mass is 641 g/mol. The molecule has 1 radical (unpaired) electrons. The van der Waals surface area contributed by atoms with Crippen LogP contribution < -0.4 is 0 Å².